The van der Waals surface area contributed by atoms with E-state index >= 15 is 0 Å². The van der Waals surface area contributed by atoms with Crippen LogP contribution in [0.5, 0.6) is 0 Å². The Kier molecular flexibility index (Phi) is 2.03. The second-order valence-electron chi connectivity index (χ2n) is 2.28. The van der Waals surface area contributed by atoms with Crippen molar-refractivity contribution in [1.82, 2.24) is 15.2 Å². The number of nitrogens with zero attached hydrogens (tertiary/aromatic N) is 2. The Morgan fingerprint density at radius 1 is 1.80 bits per heavy atom. The molecule has 10 heavy (non-hydrogen) atoms. The second-order valence-corrected chi connectivity index (χ2v) is 2.28. The summed E-state index contributed by atoms with van der Waals surface area (Å²) in [6.45, 7) is 2.62. The van der Waals surface area contributed by atoms with Crippen molar-refractivity contribution in [3.63, 3.8) is 0 Å². The molecule has 1 rings (SSSR count). The van der Waals surface area contributed by atoms with E-state index in [0.717, 1.165) is 11.4 Å². The zero-order valence-corrected chi connectivity index (χ0v) is 6.26. The van der Waals surface area contributed by atoms with Crippen LogP contribution in [-0.4, -0.2) is 9.78 Å². The van der Waals surface area contributed by atoms with E-state index in [1.165, 1.54) is 0 Å². The van der Waals surface area contributed by atoms with Crippen molar-refractivity contribution in [1.29, 1.82) is 0 Å². The first-order valence-corrected chi connectivity index (χ1v) is 3.17. The molecule has 1 aromatic heterocycles. The molecule has 0 aliphatic heterocycles. The molecule has 0 aromatic carbocycles. The van der Waals surface area contributed by atoms with E-state index in [4.69, 9.17) is 5.84 Å². The lowest BCUT2D eigenvalue weighted by Gasteiger charge is -1.97. The molecule has 0 aliphatic carbocycles. The lowest BCUT2D eigenvalue weighted by Crippen LogP contribution is -2.22. The first kappa shape index (κ1) is 7.24. The quantitative estimate of drug-likeness (QED) is 0.437. The fourth-order valence-corrected chi connectivity index (χ4v) is 0.934. The zero-order valence-electron chi connectivity index (χ0n) is 6.26. The average Bonchev–Trinajstić information content (AvgIpc) is 2.13. The molecule has 0 unspecified atom stereocenters. The van der Waals surface area contributed by atoms with Gasteiger partial charge >= 0.3 is 0 Å². The van der Waals surface area contributed by atoms with Gasteiger partial charge in [0.15, 0.2) is 0 Å². The Balaban J connectivity index is 2.81. The van der Waals surface area contributed by atoms with E-state index in [9.17, 15) is 0 Å². The van der Waals surface area contributed by atoms with E-state index in [1.807, 2.05) is 24.7 Å². The molecular formula is C6H12N4. The Labute approximate surface area is 60.0 Å². The first-order chi connectivity index (χ1) is 4.74. The summed E-state index contributed by atoms with van der Waals surface area (Å²) in [4.78, 5) is 0. The number of hydrogen-bond acceptors (Lipinski definition) is 3. The Morgan fingerprint density at radius 2 is 2.50 bits per heavy atom. The highest BCUT2D eigenvalue weighted by molar-refractivity contribution is 5.07. The van der Waals surface area contributed by atoms with Crippen molar-refractivity contribution in [2.45, 2.75) is 13.5 Å². The molecule has 1 aromatic rings. The summed E-state index contributed by atoms with van der Waals surface area (Å²) in [5.41, 5.74) is 4.70. The number of rotatable bonds is 2. The van der Waals surface area contributed by atoms with Gasteiger partial charge in [-0.2, -0.15) is 5.10 Å². The van der Waals surface area contributed by atoms with Gasteiger partial charge in [-0.25, -0.2) is 0 Å². The monoisotopic (exact) mass is 140 g/mol. The van der Waals surface area contributed by atoms with Crippen LogP contribution >= 0.6 is 0 Å². The minimum absolute atomic E-state index is 0.664. The van der Waals surface area contributed by atoms with Crippen LogP contribution in [0.25, 0.3) is 0 Å². The van der Waals surface area contributed by atoms with Crippen LogP contribution in [0.15, 0.2) is 6.07 Å². The van der Waals surface area contributed by atoms with Gasteiger partial charge in [-0.3, -0.25) is 16.0 Å². The zero-order chi connectivity index (χ0) is 7.56. The molecule has 56 valence electrons. The number of aromatic nitrogens is 2. The van der Waals surface area contributed by atoms with Gasteiger partial charge in [0.1, 0.15) is 0 Å². The maximum atomic E-state index is 5.15. The number of nitrogens with one attached hydrogen (secondary N) is 1. The van der Waals surface area contributed by atoms with Gasteiger partial charge in [-0.15, -0.1) is 0 Å². The predicted octanol–water partition coefficient (Wildman–Crippen LogP) is -0.308. The summed E-state index contributed by atoms with van der Waals surface area (Å²) < 4.78 is 1.81. The van der Waals surface area contributed by atoms with Crippen LogP contribution in [0, 0.1) is 6.92 Å². The summed E-state index contributed by atoms with van der Waals surface area (Å²) in [6.07, 6.45) is 0. The van der Waals surface area contributed by atoms with Crippen LogP contribution < -0.4 is 11.3 Å². The molecule has 3 N–H and O–H groups in total. The van der Waals surface area contributed by atoms with Crippen molar-refractivity contribution < 1.29 is 0 Å². The third kappa shape index (κ3) is 1.34. The van der Waals surface area contributed by atoms with E-state index < -0.39 is 0 Å². The van der Waals surface area contributed by atoms with Gasteiger partial charge in [0.25, 0.3) is 0 Å². The van der Waals surface area contributed by atoms with Crippen LogP contribution in [-0.2, 0) is 13.6 Å². The summed E-state index contributed by atoms with van der Waals surface area (Å²) in [5.74, 6) is 5.15. The van der Waals surface area contributed by atoms with Crippen molar-refractivity contribution in [3.8, 4) is 0 Å². The van der Waals surface area contributed by atoms with E-state index in [-0.39, 0.29) is 0 Å². The van der Waals surface area contributed by atoms with E-state index in [0.29, 0.717) is 6.54 Å². The van der Waals surface area contributed by atoms with Crippen LogP contribution in [0.2, 0.25) is 0 Å². The predicted molar refractivity (Wildman–Crippen MR) is 39.0 cm³/mol. The van der Waals surface area contributed by atoms with Gasteiger partial charge in [0.05, 0.1) is 17.9 Å². The molecule has 0 atom stereocenters. The fourth-order valence-electron chi connectivity index (χ4n) is 0.934. The van der Waals surface area contributed by atoms with Crippen LogP contribution in [0.1, 0.15) is 11.4 Å². The molecular weight excluding hydrogens is 128 g/mol. The van der Waals surface area contributed by atoms with Gasteiger partial charge in [-0.05, 0) is 13.0 Å². The number of nitrogens with two attached hydrogens (primary N) is 1. The molecule has 0 spiro atoms. The minimum atomic E-state index is 0.664. The molecule has 0 saturated heterocycles. The molecule has 0 fully saturated rings. The Morgan fingerprint density at radius 3 is 2.90 bits per heavy atom. The van der Waals surface area contributed by atoms with Crippen molar-refractivity contribution >= 4 is 0 Å². The number of hydrazine groups is 1. The van der Waals surface area contributed by atoms with Gasteiger partial charge < -0.3 is 0 Å². The smallest absolute Gasteiger partial charge is 0.0597 e. The minimum Gasteiger partial charge on any atom is -0.271 e. The van der Waals surface area contributed by atoms with Crippen LogP contribution in [0.3, 0.4) is 0 Å². The van der Waals surface area contributed by atoms with Gasteiger partial charge in [0.2, 0.25) is 0 Å². The summed E-state index contributed by atoms with van der Waals surface area (Å²) >= 11 is 0. The summed E-state index contributed by atoms with van der Waals surface area (Å²) in [5, 5.41) is 4.15. The Bertz CT molecular complexity index is 216. The molecule has 0 bridgehead atoms. The maximum absolute atomic E-state index is 5.15. The molecule has 0 saturated carbocycles. The Hall–Kier alpha value is -0.870. The van der Waals surface area contributed by atoms with E-state index in [2.05, 4.69) is 10.5 Å². The number of aryl methyl sites for hydroxylation is 2. The maximum Gasteiger partial charge on any atom is 0.0597 e. The van der Waals surface area contributed by atoms with Crippen molar-refractivity contribution in [3.05, 3.63) is 17.5 Å². The van der Waals surface area contributed by atoms with Crippen molar-refractivity contribution in [2.75, 3.05) is 0 Å². The highest BCUT2D eigenvalue weighted by atomic mass is 15.3. The van der Waals surface area contributed by atoms with Crippen LogP contribution in [0.4, 0.5) is 0 Å². The molecule has 4 heteroatoms. The topological polar surface area (TPSA) is 55.9 Å². The van der Waals surface area contributed by atoms with Crippen molar-refractivity contribution in [2.24, 2.45) is 12.9 Å². The first-order valence-electron chi connectivity index (χ1n) is 3.17. The fraction of sp³-hybridized carbons (Fsp3) is 0.500. The van der Waals surface area contributed by atoms with Gasteiger partial charge in [0, 0.05) is 7.05 Å². The number of hydrogen-bond donors (Lipinski definition) is 2. The lowest BCUT2D eigenvalue weighted by atomic mass is 10.4. The highest BCUT2D eigenvalue weighted by Gasteiger charge is 1.98. The molecule has 1 heterocycles. The third-order valence-electron chi connectivity index (χ3n) is 1.38. The highest BCUT2D eigenvalue weighted by Crippen LogP contribution is 1.99. The molecule has 0 amide bonds. The molecule has 0 radical (unpaired) electrons. The normalized spacial score (nSPS) is 10.3. The SMILES string of the molecule is Cc1cc(CNN)n(C)n1. The second kappa shape index (κ2) is 2.81. The summed E-state index contributed by atoms with van der Waals surface area (Å²) in [7, 11) is 1.90. The summed E-state index contributed by atoms with van der Waals surface area (Å²) in [6, 6.07) is 2.00. The van der Waals surface area contributed by atoms with Gasteiger partial charge in [-0.1, -0.05) is 0 Å². The lowest BCUT2D eigenvalue weighted by molar-refractivity contribution is 0.644. The largest absolute Gasteiger partial charge is 0.271 e. The van der Waals surface area contributed by atoms with E-state index in [1.54, 1.807) is 0 Å². The third-order valence-corrected chi connectivity index (χ3v) is 1.38. The molecule has 4 nitrogen and oxygen atoms in total. The standard InChI is InChI=1S/C6H12N4/c1-5-3-6(4-8-7)10(2)9-5/h3,8H,4,7H2,1-2H3. The average molecular weight is 140 g/mol. The molecule has 0 aliphatic rings.